The van der Waals surface area contributed by atoms with Crippen molar-refractivity contribution in [3.05, 3.63) is 26.6 Å². The van der Waals surface area contributed by atoms with E-state index in [1.54, 1.807) is 11.3 Å². The van der Waals surface area contributed by atoms with Crippen LogP contribution < -0.4 is 0 Å². The van der Waals surface area contributed by atoms with Crippen LogP contribution in [0.15, 0.2) is 23.1 Å². The normalized spacial score (nSPS) is 11.0. The summed E-state index contributed by atoms with van der Waals surface area (Å²) in [6.07, 6.45) is 0. The van der Waals surface area contributed by atoms with Crippen LogP contribution in [-0.4, -0.2) is 5.11 Å². The fraction of sp³-hybridized carbons (Fsp3) is 0.111. The second-order valence-electron chi connectivity index (χ2n) is 2.69. The average Bonchev–Trinajstić information content (AvgIpc) is 2.47. The number of rotatable bonds is 1. The summed E-state index contributed by atoms with van der Waals surface area (Å²) in [7, 11) is 0. The number of hydrogen-bond acceptors (Lipinski definition) is 3. The standard InChI is InChI=1S/C9H7IOS2/c10-8-3-6-7(13-8)2-1-5(4-11)9(6)12/h1-3,11-12H,4H2. The van der Waals surface area contributed by atoms with Gasteiger partial charge in [-0.1, -0.05) is 6.07 Å². The minimum absolute atomic E-state index is 0.0567. The Morgan fingerprint density at radius 3 is 2.92 bits per heavy atom. The number of aliphatic hydroxyl groups excluding tert-OH is 1. The SMILES string of the molecule is OCc1ccc2sc(I)cc2c1S. The molecule has 0 aliphatic heterocycles. The molecule has 1 aromatic carbocycles. The summed E-state index contributed by atoms with van der Waals surface area (Å²) in [5.74, 6) is 0. The van der Waals surface area contributed by atoms with Gasteiger partial charge in [-0.05, 0) is 40.3 Å². The molecule has 0 amide bonds. The predicted octanol–water partition coefficient (Wildman–Crippen LogP) is 3.29. The summed E-state index contributed by atoms with van der Waals surface area (Å²) >= 11 is 8.44. The van der Waals surface area contributed by atoms with Gasteiger partial charge in [-0.3, -0.25) is 0 Å². The molecule has 0 bridgehead atoms. The highest BCUT2D eigenvalue weighted by atomic mass is 127. The molecule has 1 heterocycles. The van der Waals surface area contributed by atoms with Crippen LogP contribution in [0.4, 0.5) is 0 Å². The van der Waals surface area contributed by atoms with E-state index in [-0.39, 0.29) is 6.61 Å². The fourth-order valence-electron chi connectivity index (χ4n) is 1.24. The van der Waals surface area contributed by atoms with Crippen molar-refractivity contribution in [3.8, 4) is 0 Å². The zero-order chi connectivity index (χ0) is 9.42. The second-order valence-corrected chi connectivity index (χ2v) is 6.12. The Morgan fingerprint density at radius 1 is 1.46 bits per heavy atom. The van der Waals surface area contributed by atoms with Gasteiger partial charge in [0.1, 0.15) is 0 Å². The van der Waals surface area contributed by atoms with Crippen molar-refractivity contribution in [2.24, 2.45) is 0 Å². The molecule has 4 heteroatoms. The third kappa shape index (κ3) is 1.72. The Kier molecular flexibility index (Phi) is 2.83. The molecule has 0 saturated carbocycles. The van der Waals surface area contributed by atoms with Gasteiger partial charge in [0.15, 0.2) is 0 Å². The molecule has 1 nitrogen and oxygen atoms in total. The van der Waals surface area contributed by atoms with Crippen molar-refractivity contribution in [2.75, 3.05) is 0 Å². The highest BCUT2D eigenvalue weighted by Crippen LogP contribution is 2.33. The highest BCUT2D eigenvalue weighted by molar-refractivity contribution is 14.1. The van der Waals surface area contributed by atoms with Crippen molar-refractivity contribution in [2.45, 2.75) is 11.5 Å². The highest BCUT2D eigenvalue weighted by Gasteiger charge is 2.06. The minimum atomic E-state index is 0.0567. The van der Waals surface area contributed by atoms with Crippen molar-refractivity contribution >= 4 is 56.6 Å². The molecule has 0 spiro atoms. The predicted molar refractivity (Wildman–Crippen MR) is 67.7 cm³/mol. The third-order valence-electron chi connectivity index (χ3n) is 1.90. The Labute approximate surface area is 99.3 Å². The molecule has 0 unspecified atom stereocenters. The van der Waals surface area contributed by atoms with E-state index >= 15 is 0 Å². The quantitative estimate of drug-likeness (QED) is 0.610. The van der Waals surface area contributed by atoms with Gasteiger partial charge in [-0.15, -0.1) is 24.0 Å². The number of halogens is 1. The first-order valence-corrected chi connectivity index (χ1v) is 6.07. The fourth-order valence-corrected chi connectivity index (χ4v) is 3.46. The van der Waals surface area contributed by atoms with Gasteiger partial charge >= 0.3 is 0 Å². The molecule has 13 heavy (non-hydrogen) atoms. The Balaban J connectivity index is 2.78. The van der Waals surface area contributed by atoms with Gasteiger partial charge in [-0.25, -0.2) is 0 Å². The number of fused-ring (bicyclic) bond motifs is 1. The first-order valence-electron chi connectivity index (χ1n) is 3.73. The molecule has 68 valence electrons. The van der Waals surface area contributed by atoms with Gasteiger partial charge in [0.05, 0.1) is 9.49 Å². The summed E-state index contributed by atoms with van der Waals surface area (Å²) in [5.41, 5.74) is 0.894. The number of benzene rings is 1. The molecule has 0 fully saturated rings. The lowest BCUT2D eigenvalue weighted by Gasteiger charge is -2.01. The molecule has 0 saturated heterocycles. The van der Waals surface area contributed by atoms with Crippen molar-refractivity contribution < 1.29 is 5.11 Å². The first-order chi connectivity index (χ1) is 6.22. The van der Waals surface area contributed by atoms with Crippen molar-refractivity contribution in [3.63, 3.8) is 0 Å². The van der Waals surface area contributed by atoms with E-state index in [2.05, 4.69) is 41.3 Å². The maximum absolute atomic E-state index is 9.04. The van der Waals surface area contributed by atoms with Crippen LogP contribution in [0, 0.1) is 2.88 Å². The van der Waals surface area contributed by atoms with E-state index in [9.17, 15) is 0 Å². The lowest BCUT2D eigenvalue weighted by molar-refractivity contribution is 0.279. The lowest BCUT2D eigenvalue weighted by atomic mass is 10.2. The van der Waals surface area contributed by atoms with Crippen LogP contribution >= 0.6 is 46.6 Å². The van der Waals surface area contributed by atoms with E-state index in [0.29, 0.717) is 0 Å². The molecular formula is C9H7IOS2. The Hall–Kier alpha value is 0.220. The molecule has 0 radical (unpaired) electrons. The second kappa shape index (κ2) is 3.76. The van der Waals surface area contributed by atoms with E-state index in [1.165, 1.54) is 7.58 Å². The molecule has 1 N–H and O–H groups in total. The van der Waals surface area contributed by atoms with Crippen LogP contribution in [0.3, 0.4) is 0 Å². The number of aliphatic hydroxyl groups is 1. The molecule has 0 aliphatic rings. The van der Waals surface area contributed by atoms with Gasteiger partial charge < -0.3 is 5.11 Å². The molecule has 0 aliphatic carbocycles. The zero-order valence-corrected chi connectivity index (χ0v) is 10.5. The number of thiol groups is 1. The molecular weight excluding hydrogens is 315 g/mol. The monoisotopic (exact) mass is 322 g/mol. The summed E-state index contributed by atoms with van der Waals surface area (Å²) in [5, 5.41) is 10.2. The number of hydrogen-bond donors (Lipinski definition) is 2. The van der Waals surface area contributed by atoms with E-state index in [4.69, 9.17) is 5.11 Å². The third-order valence-corrected chi connectivity index (χ3v) is 4.29. The number of thiophene rings is 1. The molecule has 1 aromatic heterocycles. The van der Waals surface area contributed by atoms with E-state index in [1.807, 2.05) is 12.1 Å². The zero-order valence-electron chi connectivity index (χ0n) is 6.62. The smallest absolute Gasteiger partial charge is 0.0692 e. The molecule has 2 aromatic rings. The Bertz CT molecular complexity index is 450. The van der Waals surface area contributed by atoms with E-state index in [0.717, 1.165) is 15.8 Å². The van der Waals surface area contributed by atoms with Crippen molar-refractivity contribution in [1.29, 1.82) is 0 Å². The van der Waals surface area contributed by atoms with Gasteiger partial charge in [-0.2, -0.15) is 0 Å². The summed E-state index contributed by atoms with van der Waals surface area (Å²) in [6, 6.07) is 6.06. The van der Waals surface area contributed by atoms with Crippen LogP contribution in [-0.2, 0) is 6.61 Å². The van der Waals surface area contributed by atoms with Gasteiger partial charge in [0, 0.05) is 15.0 Å². The summed E-state index contributed by atoms with van der Waals surface area (Å²) in [4.78, 5) is 0.902. The topological polar surface area (TPSA) is 20.2 Å². The summed E-state index contributed by atoms with van der Waals surface area (Å²) < 4.78 is 2.48. The largest absolute Gasteiger partial charge is 0.392 e. The van der Waals surface area contributed by atoms with Crippen LogP contribution in [0.2, 0.25) is 0 Å². The van der Waals surface area contributed by atoms with Crippen LogP contribution in [0.1, 0.15) is 5.56 Å². The van der Waals surface area contributed by atoms with Crippen LogP contribution in [0.5, 0.6) is 0 Å². The maximum atomic E-state index is 9.04. The van der Waals surface area contributed by atoms with Crippen molar-refractivity contribution in [1.82, 2.24) is 0 Å². The lowest BCUT2D eigenvalue weighted by Crippen LogP contribution is -1.84. The average molecular weight is 322 g/mol. The van der Waals surface area contributed by atoms with Gasteiger partial charge in [0.25, 0.3) is 0 Å². The summed E-state index contributed by atoms with van der Waals surface area (Å²) in [6.45, 7) is 0.0567. The van der Waals surface area contributed by atoms with Gasteiger partial charge in [0.2, 0.25) is 0 Å². The molecule has 0 atom stereocenters. The van der Waals surface area contributed by atoms with E-state index < -0.39 is 0 Å². The van der Waals surface area contributed by atoms with Crippen LogP contribution in [0.25, 0.3) is 10.1 Å². The Morgan fingerprint density at radius 2 is 2.23 bits per heavy atom. The first kappa shape index (κ1) is 9.76. The molecule has 2 rings (SSSR count). The maximum Gasteiger partial charge on any atom is 0.0692 e. The minimum Gasteiger partial charge on any atom is -0.392 e.